The van der Waals surface area contributed by atoms with Crippen LogP contribution in [0.2, 0.25) is 0 Å². The second-order valence-electron chi connectivity index (χ2n) is 5.02. The molecule has 0 aliphatic carbocycles. The van der Waals surface area contributed by atoms with Crippen molar-refractivity contribution in [2.24, 2.45) is 10.2 Å². The Hall–Kier alpha value is -2.16. The molecule has 2 aromatic carbocycles. The maximum Gasteiger partial charge on any atom is 0.118 e. The fourth-order valence-corrected chi connectivity index (χ4v) is 2.04. The van der Waals surface area contributed by atoms with Gasteiger partial charge in [-0.25, -0.2) is 0 Å². The molecule has 0 N–H and O–H groups in total. The molecule has 3 nitrogen and oxygen atoms in total. The lowest BCUT2D eigenvalue weighted by Crippen LogP contribution is -1.84. The average Bonchev–Trinajstić information content (AvgIpc) is 2.55. The number of azo groups is 1. The van der Waals surface area contributed by atoms with Crippen LogP contribution < -0.4 is 4.74 Å². The summed E-state index contributed by atoms with van der Waals surface area (Å²) in [5.74, 6) is 0.860. The Balaban J connectivity index is 1.88. The number of methoxy groups -OCH3 is 1. The van der Waals surface area contributed by atoms with Gasteiger partial charge in [0.1, 0.15) is 5.75 Å². The van der Waals surface area contributed by atoms with Crippen LogP contribution in [-0.4, -0.2) is 7.11 Å². The predicted molar refractivity (Wildman–Crippen MR) is 86.3 cm³/mol. The Bertz CT molecular complexity index is 559. The van der Waals surface area contributed by atoms with Crippen molar-refractivity contribution in [3.05, 3.63) is 59.7 Å². The van der Waals surface area contributed by atoms with Gasteiger partial charge in [-0.3, -0.25) is 0 Å². The Kier molecular flexibility index (Phi) is 5.95. The second-order valence-corrected chi connectivity index (χ2v) is 5.02. The maximum atomic E-state index is 5.13. The van der Waals surface area contributed by atoms with Crippen molar-refractivity contribution in [2.45, 2.75) is 32.7 Å². The monoisotopic (exact) mass is 282 g/mol. The van der Waals surface area contributed by atoms with E-state index >= 15 is 0 Å². The van der Waals surface area contributed by atoms with E-state index in [-0.39, 0.29) is 0 Å². The summed E-state index contributed by atoms with van der Waals surface area (Å²) in [5.41, 5.74) is 3.40. The highest BCUT2D eigenvalue weighted by Gasteiger charge is 1.95. The van der Waals surface area contributed by atoms with Crippen molar-refractivity contribution in [3.8, 4) is 5.75 Å². The van der Waals surface area contributed by atoms with E-state index in [1.807, 2.05) is 36.4 Å². The van der Waals surface area contributed by atoms with E-state index in [4.69, 9.17) is 4.74 Å². The van der Waals surface area contributed by atoms with Gasteiger partial charge in [0.05, 0.1) is 19.3 Å². The van der Waals surface area contributed by atoms with E-state index in [1.165, 1.54) is 18.4 Å². The zero-order chi connectivity index (χ0) is 14.9. The molecule has 0 fully saturated rings. The third-order valence-corrected chi connectivity index (χ3v) is 3.35. The molecule has 0 bridgehead atoms. The van der Waals surface area contributed by atoms with Gasteiger partial charge in [0.2, 0.25) is 0 Å². The SMILES string of the molecule is CCCCc1ccc(N=NCc2ccc(OC)cc2)cc1. The molecule has 2 aromatic rings. The normalized spacial score (nSPS) is 11.0. The summed E-state index contributed by atoms with van der Waals surface area (Å²) in [6, 6.07) is 16.2. The van der Waals surface area contributed by atoms with Gasteiger partial charge in [-0.1, -0.05) is 37.6 Å². The number of nitrogens with zero attached hydrogens (tertiary/aromatic N) is 2. The molecular weight excluding hydrogens is 260 g/mol. The summed E-state index contributed by atoms with van der Waals surface area (Å²) < 4.78 is 5.13. The highest BCUT2D eigenvalue weighted by atomic mass is 16.5. The number of unbranched alkanes of at least 4 members (excludes halogenated alkanes) is 1. The van der Waals surface area contributed by atoms with Crippen LogP contribution in [0.5, 0.6) is 5.75 Å². The predicted octanol–water partition coefficient (Wildman–Crippen LogP) is 5.32. The van der Waals surface area contributed by atoms with Crippen molar-refractivity contribution < 1.29 is 4.74 Å². The highest BCUT2D eigenvalue weighted by molar-refractivity contribution is 5.38. The van der Waals surface area contributed by atoms with Crippen LogP contribution >= 0.6 is 0 Å². The number of ether oxygens (including phenoxy) is 1. The van der Waals surface area contributed by atoms with Crippen molar-refractivity contribution in [1.82, 2.24) is 0 Å². The summed E-state index contributed by atoms with van der Waals surface area (Å²) >= 11 is 0. The molecule has 0 saturated heterocycles. The zero-order valence-electron chi connectivity index (χ0n) is 12.7. The maximum absolute atomic E-state index is 5.13. The van der Waals surface area contributed by atoms with Gasteiger partial charge in [-0.05, 0) is 48.2 Å². The lowest BCUT2D eigenvalue weighted by molar-refractivity contribution is 0.414. The molecule has 0 unspecified atom stereocenters. The Morgan fingerprint density at radius 2 is 1.57 bits per heavy atom. The molecule has 0 aliphatic heterocycles. The topological polar surface area (TPSA) is 34.0 Å². The molecule has 0 saturated carbocycles. The van der Waals surface area contributed by atoms with Crippen LogP contribution in [0.3, 0.4) is 0 Å². The number of rotatable bonds is 7. The molecule has 3 heteroatoms. The number of aryl methyl sites for hydroxylation is 1. The largest absolute Gasteiger partial charge is 0.497 e. The third-order valence-electron chi connectivity index (χ3n) is 3.35. The lowest BCUT2D eigenvalue weighted by Gasteiger charge is -2.01. The summed E-state index contributed by atoms with van der Waals surface area (Å²) in [5, 5.41) is 8.50. The first kappa shape index (κ1) is 15.2. The van der Waals surface area contributed by atoms with E-state index in [0.717, 1.165) is 23.4 Å². The van der Waals surface area contributed by atoms with E-state index in [0.29, 0.717) is 6.54 Å². The quantitative estimate of drug-likeness (QED) is 0.633. The van der Waals surface area contributed by atoms with Gasteiger partial charge in [0.15, 0.2) is 0 Å². The van der Waals surface area contributed by atoms with E-state index in [9.17, 15) is 0 Å². The minimum absolute atomic E-state index is 0.585. The number of hydrogen-bond acceptors (Lipinski definition) is 3. The van der Waals surface area contributed by atoms with Crippen LogP contribution in [0.15, 0.2) is 58.8 Å². The minimum Gasteiger partial charge on any atom is -0.497 e. The zero-order valence-corrected chi connectivity index (χ0v) is 12.7. The molecule has 0 radical (unpaired) electrons. The smallest absolute Gasteiger partial charge is 0.118 e. The fourth-order valence-electron chi connectivity index (χ4n) is 2.04. The highest BCUT2D eigenvalue weighted by Crippen LogP contribution is 2.16. The minimum atomic E-state index is 0.585. The van der Waals surface area contributed by atoms with Gasteiger partial charge in [-0.2, -0.15) is 10.2 Å². The molecular formula is C18H22N2O. The van der Waals surface area contributed by atoms with E-state index < -0.39 is 0 Å². The first-order chi connectivity index (χ1) is 10.3. The third kappa shape index (κ3) is 5.03. The number of benzene rings is 2. The molecule has 0 atom stereocenters. The van der Waals surface area contributed by atoms with Gasteiger partial charge < -0.3 is 4.74 Å². The summed E-state index contributed by atoms with van der Waals surface area (Å²) in [6.45, 7) is 2.79. The molecule has 2 rings (SSSR count). The first-order valence-corrected chi connectivity index (χ1v) is 7.41. The second kappa shape index (κ2) is 8.20. The molecule has 0 spiro atoms. The number of hydrogen-bond donors (Lipinski definition) is 0. The van der Waals surface area contributed by atoms with Crippen LogP contribution in [0.25, 0.3) is 0 Å². The molecule has 0 aromatic heterocycles. The Morgan fingerprint density at radius 1 is 0.905 bits per heavy atom. The van der Waals surface area contributed by atoms with Gasteiger partial charge in [0, 0.05) is 0 Å². The van der Waals surface area contributed by atoms with Crippen LogP contribution in [0.4, 0.5) is 5.69 Å². The molecule has 0 amide bonds. The van der Waals surface area contributed by atoms with Crippen molar-refractivity contribution in [3.63, 3.8) is 0 Å². The van der Waals surface area contributed by atoms with Crippen LogP contribution in [0.1, 0.15) is 30.9 Å². The summed E-state index contributed by atoms with van der Waals surface area (Å²) in [4.78, 5) is 0. The standard InChI is InChI=1S/C18H22N2O/c1-3-4-5-15-6-10-17(11-7-15)20-19-14-16-8-12-18(21-2)13-9-16/h6-13H,3-5,14H2,1-2H3. The summed E-state index contributed by atoms with van der Waals surface area (Å²) in [7, 11) is 1.67. The van der Waals surface area contributed by atoms with Crippen molar-refractivity contribution in [1.29, 1.82) is 0 Å². The molecule has 0 aliphatic rings. The first-order valence-electron chi connectivity index (χ1n) is 7.41. The van der Waals surface area contributed by atoms with E-state index in [2.05, 4.69) is 29.3 Å². The average molecular weight is 282 g/mol. The van der Waals surface area contributed by atoms with Crippen molar-refractivity contribution >= 4 is 5.69 Å². The molecule has 21 heavy (non-hydrogen) atoms. The molecule has 110 valence electrons. The Labute approximate surface area is 126 Å². The van der Waals surface area contributed by atoms with Gasteiger partial charge in [-0.15, -0.1) is 0 Å². The summed E-state index contributed by atoms with van der Waals surface area (Å²) in [6.07, 6.45) is 3.60. The van der Waals surface area contributed by atoms with Gasteiger partial charge >= 0.3 is 0 Å². The van der Waals surface area contributed by atoms with E-state index in [1.54, 1.807) is 7.11 Å². The lowest BCUT2D eigenvalue weighted by atomic mass is 10.1. The van der Waals surface area contributed by atoms with Crippen molar-refractivity contribution in [2.75, 3.05) is 7.11 Å². The van der Waals surface area contributed by atoms with Crippen LogP contribution in [-0.2, 0) is 13.0 Å². The molecule has 0 heterocycles. The Morgan fingerprint density at radius 3 is 2.19 bits per heavy atom. The fraction of sp³-hybridized carbons (Fsp3) is 0.333. The van der Waals surface area contributed by atoms with Gasteiger partial charge in [0.25, 0.3) is 0 Å². The van der Waals surface area contributed by atoms with Crippen LogP contribution in [0, 0.1) is 0 Å².